The Hall–Kier alpha value is 6.57. The van der Waals surface area contributed by atoms with E-state index in [1.807, 2.05) is 0 Å². The summed E-state index contributed by atoms with van der Waals surface area (Å²) in [6.07, 6.45) is 0. The number of hydrogen-bond acceptors (Lipinski definition) is 0. The van der Waals surface area contributed by atoms with Crippen LogP contribution >= 0.6 is 203 Å². The van der Waals surface area contributed by atoms with E-state index in [4.69, 9.17) is 0 Å². The van der Waals surface area contributed by atoms with Crippen LogP contribution in [0.15, 0.2) is 0 Å². The van der Waals surface area contributed by atoms with Crippen LogP contribution in [-0.4, -0.2) is -1.69 Å². The van der Waals surface area contributed by atoms with Crippen molar-refractivity contribution in [2.75, 3.05) is 0 Å². The van der Waals surface area contributed by atoms with Crippen molar-refractivity contribution in [1.82, 2.24) is 0 Å². The Kier molecular flexibility index (Phi) is 11.4. The summed E-state index contributed by atoms with van der Waals surface area (Å²) in [6, 6.07) is 0. The van der Waals surface area contributed by atoms with Crippen molar-refractivity contribution >= 4 is 203 Å². The van der Waals surface area contributed by atoms with Gasteiger partial charge in [0.2, 0.25) is 0 Å². The lowest BCUT2D eigenvalue weighted by atomic mass is 10.3. The number of halogens is 9. The van der Waals surface area contributed by atoms with Gasteiger partial charge in [-0.15, -0.1) is 0 Å². The summed E-state index contributed by atoms with van der Waals surface area (Å²) in [5.41, 5.74) is 0. The van der Waals surface area contributed by atoms with Gasteiger partial charge < -0.3 is 0 Å². The van der Waals surface area contributed by atoms with E-state index >= 15 is 0 Å². The van der Waals surface area contributed by atoms with Crippen molar-refractivity contribution in [2.45, 2.75) is -1.69 Å². The third kappa shape index (κ3) is 8.45. The topological polar surface area (TPSA) is 0 Å². The van der Waals surface area contributed by atoms with E-state index in [9.17, 15) is 0 Å². The molecule has 0 amide bonds. The van der Waals surface area contributed by atoms with Gasteiger partial charge in [-0.2, -0.15) is 0 Å². The highest BCUT2D eigenvalue weighted by Gasteiger charge is 2.53. The van der Waals surface area contributed by atoms with Crippen LogP contribution in [-0.2, 0) is 0 Å². The molecule has 0 spiro atoms. The SMILES string of the molecule is IC(I)(I)[C](C(I)(I)I)C(I)(I)I. The van der Waals surface area contributed by atoms with Crippen LogP contribution < -0.4 is 0 Å². The van der Waals surface area contributed by atoms with Gasteiger partial charge in [-0.25, -0.2) is 0 Å². The summed E-state index contributed by atoms with van der Waals surface area (Å²) < 4.78 is 0.501. The smallest absolute Gasteiger partial charge is 0.0545 e. The summed E-state index contributed by atoms with van der Waals surface area (Å²) in [4.78, 5) is 0. The first-order valence-corrected chi connectivity index (χ1v) is 12.2. The van der Waals surface area contributed by atoms with Gasteiger partial charge in [0.15, 0.2) is 0 Å². The average molecular weight is 1190 g/mol. The molecule has 0 heterocycles. The first kappa shape index (κ1) is 19.6. The van der Waals surface area contributed by atoms with E-state index in [1.165, 1.54) is 5.92 Å². The molecule has 0 saturated carbocycles. The Morgan fingerprint density at radius 2 is 0.615 bits per heavy atom. The minimum absolute atomic E-state index is 0.167. The van der Waals surface area contributed by atoms with E-state index in [1.54, 1.807) is 0 Å². The molecule has 0 unspecified atom stereocenters. The van der Waals surface area contributed by atoms with E-state index in [-0.39, 0.29) is -1.69 Å². The van der Waals surface area contributed by atoms with Crippen LogP contribution in [0.25, 0.3) is 0 Å². The lowest BCUT2D eigenvalue weighted by Gasteiger charge is -2.37. The minimum Gasteiger partial charge on any atom is -0.0545 e. The minimum atomic E-state index is 0.167. The average Bonchev–Trinajstić information content (AvgIpc) is 1.44. The number of hydrogen-bond donors (Lipinski definition) is 0. The zero-order chi connectivity index (χ0) is 11.1. The van der Waals surface area contributed by atoms with Crippen LogP contribution in [0.5, 0.6) is 0 Å². The zero-order valence-corrected chi connectivity index (χ0v) is 24.8. The van der Waals surface area contributed by atoms with Gasteiger partial charge in [0.25, 0.3) is 0 Å². The summed E-state index contributed by atoms with van der Waals surface area (Å²) >= 11 is 22.5. The summed E-state index contributed by atoms with van der Waals surface area (Å²) in [5.74, 6) is 1.53. The molecule has 13 heavy (non-hydrogen) atoms. The molecule has 0 aliphatic heterocycles. The Labute approximate surface area is 201 Å². The Morgan fingerprint density at radius 3 is 0.615 bits per heavy atom. The zero-order valence-electron chi connectivity index (χ0n) is 5.40. The summed E-state index contributed by atoms with van der Waals surface area (Å²) in [7, 11) is 0. The molecule has 0 aliphatic rings. The molecule has 0 fully saturated rings. The first-order valence-electron chi connectivity index (χ1n) is 2.45. The van der Waals surface area contributed by atoms with Gasteiger partial charge in [-0.1, -0.05) is 203 Å². The number of alkyl halides is 9. The molecule has 79 valence electrons. The van der Waals surface area contributed by atoms with Gasteiger partial charge in [0.05, 0.1) is 5.92 Å². The molecule has 0 aromatic rings. The van der Waals surface area contributed by atoms with Gasteiger partial charge in [-0.05, 0) is 0 Å². The molecule has 0 rings (SSSR count). The van der Waals surface area contributed by atoms with Gasteiger partial charge in [0, 0.05) is 0 Å². The predicted octanol–water partition coefficient (Wildman–Crippen LogP) is 7.44. The van der Waals surface area contributed by atoms with Crippen LogP contribution in [0.2, 0.25) is 0 Å². The molecule has 0 aromatic heterocycles. The first-order chi connectivity index (χ1) is 5.37. The molecule has 0 N–H and O–H groups in total. The van der Waals surface area contributed by atoms with E-state index in [2.05, 4.69) is 203 Å². The molecular weight excluding hydrogens is 1190 g/mol. The summed E-state index contributed by atoms with van der Waals surface area (Å²) in [6.45, 7) is 0. The molecular formula is C4I9. The van der Waals surface area contributed by atoms with Crippen LogP contribution in [0.1, 0.15) is 0 Å². The fraction of sp³-hybridized carbons (Fsp3) is 0.750. The molecule has 0 nitrogen and oxygen atoms in total. The van der Waals surface area contributed by atoms with Gasteiger partial charge in [-0.3, -0.25) is 0 Å². The molecule has 1 radical (unpaired) electrons. The highest BCUT2D eigenvalue weighted by molar-refractivity contribution is 14.3. The monoisotopic (exact) mass is 1190 g/mol. The second-order valence-corrected chi connectivity index (χ2v) is 35.0. The van der Waals surface area contributed by atoms with Gasteiger partial charge in [0.1, 0.15) is -1.69 Å². The highest BCUT2D eigenvalue weighted by atomic mass is 127. The lowest BCUT2D eigenvalue weighted by molar-refractivity contribution is 1.10. The third-order valence-corrected chi connectivity index (χ3v) is 5.70. The van der Waals surface area contributed by atoms with Crippen molar-refractivity contribution in [3.63, 3.8) is 0 Å². The second kappa shape index (κ2) is 7.54. The molecule has 0 aromatic carbocycles. The normalized spacial score (nSPS) is 15.2. The molecule has 0 aliphatic carbocycles. The number of rotatable bonds is 3. The largest absolute Gasteiger partial charge is 0.136 e. The fourth-order valence-corrected chi connectivity index (χ4v) is 21.7. The lowest BCUT2D eigenvalue weighted by Crippen LogP contribution is -2.36. The van der Waals surface area contributed by atoms with Crippen molar-refractivity contribution in [2.24, 2.45) is 0 Å². The third-order valence-electron chi connectivity index (χ3n) is 0.850. The van der Waals surface area contributed by atoms with E-state index in [0.29, 0.717) is 0 Å². The van der Waals surface area contributed by atoms with Gasteiger partial charge >= 0.3 is 0 Å². The molecule has 0 atom stereocenters. The van der Waals surface area contributed by atoms with Crippen molar-refractivity contribution in [3.8, 4) is 0 Å². The second-order valence-electron chi connectivity index (χ2n) is 1.87. The van der Waals surface area contributed by atoms with E-state index in [0.717, 1.165) is 0 Å². The molecule has 0 saturated heterocycles. The Bertz CT molecular complexity index is 134. The van der Waals surface area contributed by atoms with Crippen molar-refractivity contribution in [3.05, 3.63) is 5.92 Å². The maximum Gasteiger partial charge on any atom is 0.136 e. The quantitative estimate of drug-likeness (QED) is 0.204. The van der Waals surface area contributed by atoms with Crippen LogP contribution in [0.3, 0.4) is 0 Å². The van der Waals surface area contributed by atoms with Crippen LogP contribution in [0.4, 0.5) is 0 Å². The predicted molar refractivity (Wildman–Crippen MR) is 138 cm³/mol. The standard InChI is InChI=1S/C4I9/c5-2(6,7)1(3(8,9)10)4(11,12)13. The Morgan fingerprint density at radius 1 is 0.462 bits per heavy atom. The highest BCUT2D eigenvalue weighted by Crippen LogP contribution is 2.66. The molecule has 0 bridgehead atoms. The van der Waals surface area contributed by atoms with E-state index < -0.39 is 0 Å². The van der Waals surface area contributed by atoms with Crippen molar-refractivity contribution in [1.29, 1.82) is 0 Å². The Balaban J connectivity index is 5.02. The summed E-state index contributed by atoms with van der Waals surface area (Å²) in [5, 5.41) is 0. The fourth-order valence-electron chi connectivity index (χ4n) is 0.482. The maximum absolute atomic E-state index is 2.50. The maximum atomic E-state index is 2.50. The van der Waals surface area contributed by atoms with Crippen molar-refractivity contribution < 1.29 is 0 Å². The van der Waals surface area contributed by atoms with Crippen LogP contribution in [0, 0.1) is 5.92 Å². The molecule has 9 heteroatoms.